The topological polar surface area (TPSA) is 61.0 Å². The van der Waals surface area contributed by atoms with Gasteiger partial charge in [-0.1, -0.05) is 0 Å². The molecule has 0 radical (unpaired) electrons. The Morgan fingerprint density at radius 3 is 2.80 bits per heavy atom. The summed E-state index contributed by atoms with van der Waals surface area (Å²) in [6.45, 7) is 4.68. The van der Waals surface area contributed by atoms with Crippen LogP contribution < -0.4 is 5.32 Å². The first-order chi connectivity index (χ1) is 12.0. The van der Waals surface area contributed by atoms with Crippen molar-refractivity contribution in [2.75, 3.05) is 11.9 Å². The number of carbonyl (C=O) groups is 1. The predicted molar refractivity (Wildman–Crippen MR) is 94.1 cm³/mol. The number of halogens is 1. The molecule has 1 aromatic carbocycles. The zero-order valence-corrected chi connectivity index (χ0v) is 14.6. The molecule has 2 aliphatic rings. The molecule has 1 saturated carbocycles. The number of anilines is 1. The molecular weight excluding hydrogens is 319 g/mol. The number of amides is 2. The lowest BCUT2D eigenvalue weighted by atomic mass is 10.0. The zero-order chi connectivity index (χ0) is 17.6. The minimum Gasteiger partial charge on any atom is -0.317 e. The first-order valence-corrected chi connectivity index (χ1v) is 8.93. The van der Waals surface area contributed by atoms with E-state index in [9.17, 15) is 9.18 Å². The Hall–Kier alpha value is -2.37. The van der Waals surface area contributed by atoms with Gasteiger partial charge in [0.25, 0.3) is 0 Å². The molecule has 25 heavy (non-hydrogen) atoms. The number of aryl methyl sites for hydroxylation is 2. The fourth-order valence-corrected chi connectivity index (χ4v) is 3.88. The Balaban J connectivity index is 1.53. The van der Waals surface area contributed by atoms with Gasteiger partial charge in [-0.3, -0.25) is 5.10 Å². The molecule has 1 aromatic heterocycles. The van der Waals surface area contributed by atoms with Gasteiger partial charge in [-0.25, -0.2) is 9.18 Å². The highest BCUT2D eigenvalue weighted by atomic mass is 19.1. The van der Waals surface area contributed by atoms with E-state index in [0.29, 0.717) is 11.6 Å². The van der Waals surface area contributed by atoms with Crippen molar-refractivity contribution < 1.29 is 9.18 Å². The summed E-state index contributed by atoms with van der Waals surface area (Å²) in [4.78, 5) is 14.7. The van der Waals surface area contributed by atoms with Crippen LogP contribution in [-0.4, -0.2) is 27.7 Å². The molecule has 1 aliphatic heterocycles. The van der Waals surface area contributed by atoms with E-state index in [4.69, 9.17) is 0 Å². The second-order valence-electron chi connectivity index (χ2n) is 7.14. The summed E-state index contributed by atoms with van der Waals surface area (Å²) < 4.78 is 13.9. The van der Waals surface area contributed by atoms with Crippen LogP contribution in [0.5, 0.6) is 0 Å². The molecule has 0 bridgehead atoms. The summed E-state index contributed by atoms with van der Waals surface area (Å²) >= 11 is 0. The number of carbonyl (C=O) groups excluding carboxylic acids is 1. The smallest absolute Gasteiger partial charge is 0.317 e. The number of hydrogen-bond acceptors (Lipinski definition) is 2. The van der Waals surface area contributed by atoms with Gasteiger partial charge >= 0.3 is 6.03 Å². The van der Waals surface area contributed by atoms with Crippen molar-refractivity contribution in [2.45, 2.75) is 51.5 Å². The van der Waals surface area contributed by atoms with Crippen molar-refractivity contribution in [1.82, 2.24) is 15.1 Å². The molecule has 2 N–H and O–H groups in total. The predicted octanol–water partition coefficient (Wildman–Crippen LogP) is 4.41. The molecule has 2 aromatic rings. The van der Waals surface area contributed by atoms with Crippen LogP contribution >= 0.6 is 0 Å². The van der Waals surface area contributed by atoms with E-state index in [1.807, 2.05) is 18.7 Å². The summed E-state index contributed by atoms with van der Waals surface area (Å²) in [6.07, 6.45) is 3.97. The van der Waals surface area contributed by atoms with Crippen molar-refractivity contribution in [3.8, 4) is 0 Å². The van der Waals surface area contributed by atoms with E-state index < -0.39 is 0 Å². The van der Waals surface area contributed by atoms with Gasteiger partial charge in [0.1, 0.15) is 5.82 Å². The third-order valence-corrected chi connectivity index (χ3v) is 5.30. The molecule has 5 nitrogen and oxygen atoms in total. The third-order valence-electron chi connectivity index (χ3n) is 5.30. The monoisotopic (exact) mass is 342 g/mol. The van der Waals surface area contributed by atoms with Gasteiger partial charge in [0.05, 0.1) is 11.7 Å². The molecular formula is C19H23FN4O. The van der Waals surface area contributed by atoms with Crippen LogP contribution in [-0.2, 0) is 0 Å². The molecule has 132 valence electrons. The summed E-state index contributed by atoms with van der Waals surface area (Å²) in [7, 11) is 0. The average molecular weight is 342 g/mol. The van der Waals surface area contributed by atoms with Crippen molar-refractivity contribution in [3.05, 3.63) is 46.5 Å². The van der Waals surface area contributed by atoms with Gasteiger partial charge in [-0.05, 0) is 69.2 Å². The average Bonchev–Trinajstić information content (AvgIpc) is 3.23. The highest BCUT2D eigenvalue weighted by molar-refractivity contribution is 5.90. The Bertz CT molecular complexity index is 792. The fourth-order valence-electron chi connectivity index (χ4n) is 3.88. The van der Waals surface area contributed by atoms with Crippen LogP contribution in [0, 0.1) is 19.7 Å². The highest BCUT2D eigenvalue weighted by Crippen LogP contribution is 2.42. The minimum absolute atomic E-state index is 0.0436. The SMILES string of the molecule is Cc1n[nH]c(C)c1[C@H]1CCCN1C(=O)Nc1ccc(F)c(C2CC2)c1. The number of hydrogen-bond donors (Lipinski definition) is 2. The summed E-state index contributed by atoms with van der Waals surface area (Å²) in [5.41, 5.74) is 4.46. The van der Waals surface area contributed by atoms with Crippen molar-refractivity contribution in [3.63, 3.8) is 0 Å². The van der Waals surface area contributed by atoms with Crippen LogP contribution in [0.3, 0.4) is 0 Å². The van der Waals surface area contributed by atoms with Crippen molar-refractivity contribution >= 4 is 11.7 Å². The number of rotatable bonds is 3. The second-order valence-corrected chi connectivity index (χ2v) is 7.14. The minimum atomic E-state index is -0.177. The van der Waals surface area contributed by atoms with Crippen LogP contribution in [0.25, 0.3) is 0 Å². The second kappa shape index (κ2) is 6.17. The van der Waals surface area contributed by atoms with E-state index in [0.717, 1.165) is 54.7 Å². The molecule has 1 aliphatic carbocycles. The van der Waals surface area contributed by atoms with E-state index >= 15 is 0 Å². The molecule has 6 heteroatoms. The number of benzene rings is 1. The summed E-state index contributed by atoms with van der Waals surface area (Å²) in [5.74, 6) is 0.136. The number of aromatic amines is 1. The zero-order valence-electron chi connectivity index (χ0n) is 14.6. The van der Waals surface area contributed by atoms with E-state index in [-0.39, 0.29) is 17.9 Å². The fraction of sp³-hybridized carbons (Fsp3) is 0.474. The summed E-state index contributed by atoms with van der Waals surface area (Å²) in [6, 6.07) is 4.79. The number of nitrogens with zero attached hydrogens (tertiary/aromatic N) is 2. The molecule has 2 heterocycles. The first-order valence-electron chi connectivity index (χ1n) is 8.93. The van der Waals surface area contributed by atoms with Gasteiger partial charge in [-0.2, -0.15) is 5.10 Å². The van der Waals surface area contributed by atoms with E-state index in [2.05, 4.69) is 15.5 Å². The van der Waals surface area contributed by atoms with Crippen LogP contribution in [0.1, 0.15) is 60.2 Å². The maximum Gasteiger partial charge on any atom is 0.322 e. The quantitative estimate of drug-likeness (QED) is 0.868. The normalized spacial score (nSPS) is 20.1. The number of likely N-dealkylation sites (tertiary alicyclic amines) is 1. The van der Waals surface area contributed by atoms with Crippen LogP contribution in [0.4, 0.5) is 14.9 Å². The lowest BCUT2D eigenvalue weighted by molar-refractivity contribution is 0.207. The first kappa shape index (κ1) is 16.1. The highest BCUT2D eigenvalue weighted by Gasteiger charge is 2.33. The van der Waals surface area contributed by atoms with Gasteiger partial charge in [0.15, 0.2) is 0 Å². The Labute approximate surface area is 146 Å². The van der Waals surface area contributed by atoms with Gasteiger partial charge in [-0.15, -0.1) is 0 Å². The number of H-pyrrole nitrogens is 1. The molecule has 4 rings (SSSR count). The van der Waals surface area contributed by atoms with Crippen LogP contribution in [0.2, 0.25) is 0 Å². The Morgan fingerprint density at radius 2 is 2.12 bits per heavy atom. The van der Waals surface area contributed by atoms with Crippen LogP contribution in [0.15, 0.2) is 18.2 Å². The molecule has 2 fully saturated rings. The molecule has 1 atom stereocenters. The Morgan fingerprint density at radius 1 is 1.32 bits per heavy atom. The maximum absolute atomic E-state index is 13.9. The Kier molecular flexibility index (Phi) is 3.98. The molecule has 1 saturated heterocycles. The van der Waals surface area contributed by atoms with Gasteiger partial charge < -0.3 is 10.2 Å². The number of urea groups is 1. The largest absolute Gasteiger partial charge is 0.322 e. The molecule has 0 unspecified atom stereocenters. The summed E-state index contributed by atoms with van der Waals surface area (Å²) in [5, 5.41) is 10.2. The third kappa shape index (κ3) is 3.01. The maximum atomic E-state index is 13.9. The molecule has 2 amide bonds. The molecule has 0 spiro atoms. The van der Waals surface area contributed by atoms with Gasteiger partial charge in [0, 0.05) is 23.5 Å². The van der Waals surface area contributed by atoms with E-state index in [1.165, 1.54) is 6.07 Å². The number of aromatic nitrogens is 2. The van der Waals surface area contributed by atoms with E-state index in [1.54, 1.807) is 12.1 Å². The van der Waals surface area contributed by atoms with Crippen molar-refractivity contribution in [2.24, 2.45) is 0 Å². The standard InChI is InChI=1S/C19H23FN4O/c1-11-18(12(2)23-22-11)17-4-3-9-24(17)19(25)21-14-7-8-16(20)15(10-14)13-5-6-13/h7-8,10,13,17H,3-6,9H2,1-2H3,(H,21,25)(H,22,23)/t17-/m1/s1. The lowest BCUT2D eigenvalue weighted by Crippen LogP contribution is -2.34. The number of nitrogens with one attached hydrogen (secondary N) is 2. The van der Waals surface area contributed by atoms with Gasteiger partial charge in [0.2, 0.25) is 0 Å². The van der Waals surface area contributed by atoms with Crippen molar-refractivity contribution in [1.29, 1.82) is 0 Å². The lowest BCUT2D eigenvalue weighted by Gasteiger charge is -2.25.